The Morgan fingerprint density at radius 2 is 2.10 bits per heavy atom. The van der Waals surface area contributed by atoms with Gasteiger partial charge in [0.05, 0.1) is 17.4 Å². The Labute approximate surface area is 115 Å². The van der Waals surface area contributed by atoms with Crippen molar-refractivity contribution >= 4 is 17.7 Å². The Bertz CT molecular complexity index is 581. The number of hydrogen-bond donors (Lipinski definition) is 3. The van der Waals surface area contributed by atoms with Gasteiger partial charge in [-0.3, -0.25) is 0 Å². The number of anilines is 1. The maximum atomic E-state index is 12.1. The third-order valence-corrected chi connectivity index (χ3v) is 3.11. The smallest absolute Gasteiger partial charge is 0.326 e. The number of urea groups is 1. The summed E-state index contributed by atoms with van der Waals surface area (Å²) in [5, 5.41) is 30.0. The summed E-state index contributed by atoms with van der Waals surface area (Å²) in [6.07, 6.45) is -0.851. The van der Waals surface area contributed by atoms with Crippen molar-refractivity contribution in [3.8, 4) is 6.07 Å². The highest BCUT2D eigenvalue weighted by Crippen LogP contribution is 2.21. The number of benzene rings is 1. The SMILES string of the molecule is N#Cc1ccccc1NC(=O)N1C[C@H](O)C[C@@H]1C(=O)O. The summed E-state index contributed by atoms with van der Waals surface area (Å²) < 4.78 is 0. The number of nitrogens with zero attached hydrogens (tertiary/aromatic N) is 2. The van der Waals surface area contributed by atoms with Crippen molar-refractivity contribution in [1.29, 1.82) is 5.26 Å². The molecular weight excluding hydrogens is 262 g/mol. The van der Waals surface area contributed by atoms with E-state index in [1.165, 1.54) is 0 Å². The van der Waals surface area contributed by atoms with Gasteiger partial charge >= 0.3 is 12.0 Å². The normalized spacial score (nSPS) is 21.3. The second-order valence-electron chi connectivity index (χ2n) is 4.48. The van der Waals surface area contributed by atoms with E-state index < -0.39 is 24.1 Å². The lowest BCUT2D eigenvalue weighted by Gasteiger charge is -2.21. The number of rotatable bonds is 2. The van der Waals surface area contributed by atoms with Crippen molar-refractivity contribution in [3.63, 3.8) is 0 Å². The monoisotopic (exact) mass is 275 g/mol. The number of carbonyl (C=O) groups excluding carboxylic acids is 1. The Hall–Kier alpha value is -2.59. The summed E-state index contributed by atoms with van der Waals surface area (Å²) in [5.74, 6) is -1.16. The van der Waals surface area contributed by atoms with E-state index in [0.29, 0.717) is 5.69 Å². The summed E-state index contributed by atoms with van der Waals surface area (Å²) in [6, 6.07) is 6.65. The van der Waals surface area contributed by atoms with Crippen LogP contribution in [0.15, 0.2) is 24.3 Å². The zero-order valence-electron chi connectivity index (χ0n) is 10.5. The van der Waals surface area contributed by atoms with Crippen LogP contribution in [-0.2, 0) is 4.79 Å². The number of carboxylic acids is 1. The standard InChI is InChI=1S/C13H13N3O4/c14-6-8-3-1-2-4-10(8)15-13(20)16-7-9(17)5-11(16)12(18)19/h1-4,9,11,17H,5,7H2,(H,15,20)(H,18,19)/t9-,11-/m1/s1. The van der Waals surface area contributed by atoms with Crippen LogP contribution in [0.3, 0.4) is 0 Å². The average molecular weight is 275 g/mol. The van der Waals surface area contributed by atoms with Crippen molar-refractivity contribution in [2.24, 2.45) is 0 Å². The van der Waals surface area contributed by atoms with E-state index in [9.17, 15) is 14.7 Å². The predicted octanol–water partition coefficient (Wildman–Crippen LogP) is 0.610. The van der Waals surface area contributed by atoms with Gasteiger partial charge in [0.1, 0.15) is 12.1 Å². The van der Waals surface area contributed by atoms with Gasteiger partial charge in [-0.1, -0.05) is 12.1 Å². The number of carbonyl (C=O) groups is 2. The molecule has 1 aliphatic heterocycles. The van der Waals surface area contributed by atoms with Crippen LogP contribution in [0, 0.1) is 11.3 Å². The molecule has 1 aromatic carbocycles. The van der Waals surface area contributed by atoms with Crippen LogP contribution in [0.2, 0.25) is 0 Å². The molecule has 1 fully saturated rings. The number of nitriles is 1. The number of aliphatic hydroxyl groups excluding tert-OH is 1. The molecule has 0 bridgehead atoms. The molecule has 0 aliphatic carbocycles. The molecule has 1 saturated heterocycles. The number of hydrogen-bond acceptors (Lipinski definition) is 4. The highest BCUT2D eigenvalue weighted by atomic mass is 16.4. The van der Waals surface area contributed by atoms with Crippen molar-refractivity contribution in [1.82, 2.24) is 4.90 Å². The minimum Gasteiger partial charge on any atom is -0.480 e. The number of likely N-dealkylation sites (tertiary alicyclic amines) is 1. The van der Waals surface area contributed by atoms with E-state index in [2.05, 4.69) is 5.32 Å². The molecule has 0 unspecified atom stereocenters. The molecule has 1 aliphatic rings. The molecule has 0 spiro atoms. The zero-order valence-corrected chi connectivity index (χ0v) is 10.5. The summed E-state index contributed by atoms with van der Waals surface area (Å²) in [7, 11) is 0. The molecule has 1 aromatic rings. The average Bonchev–Trinajstić information content (AvgIpc) is 2.82. The maximum Gasteiger partial charge on any atom is 0.326 e. The summed E-state index contributed by atoms with van der Waals surface area (Å²) in [6.45, 7) is -0.0441. The highest BCUT2D eigenvalue weighted by Gasteiger charge is 2.39. The van der Waals surface area contributed by atoms with E-state index >= 15 is 0 Å². The van der Waals surface area contributed by atoms with Gasteiger partial charge in [-0.25, -0.2) is 9.59 Å². The van der Waals surface area contributed by atoms with Crippen LogP contribution in [0.25, 0.3) is 0 Å². The molecule has 104 valence electrons. The molecule has 0 aromatic heterocycles. The fourth-order valence-corrected chi connectivity index (χ4v) is 2.15. The molecule has 2 rings (SSSR count). The first-order chi connectivity index (χ1) is 9.52. The minimum absolute atomic E-state index is 0.00263. The van der Waals surface area contributed by atoms with Gasteiger partial charge in [-0.15, -0.1) is 0 Å². The van der Waals surface area contributed by atoms with Crippen LogP contribution in [-0.4, -0.2) is 45.8 Å². The number of carboxylic acid groups (broad SMARTS) is 1. The molecule has 7 nitrogen and oxygen atoms in total. The molecule has 1 heterocycles. The van der Waals surface area contributed by atoms with E-state index in [0.717, 1.165) is 4.90 Å². The molecule has 3 N–H and O–H groups in total. The van der Waals surface area contributed by atoms with Crippen molar-refractivity contribution < 1.29 is 19.8 Å². The van der Waals surface area contributed by atoms with Gasteiger partial charge < -0.3 is 20.4 Å². The largest absolute Gasteiger partial charge is 0.480 e. The molecular formula is C13H13N3O4. The number of nitrogens with one attached hydrogen (secondary N) is 1. The van der Waals surface area contributed by atoms with Crippen LogP contribution >= 0.6 is 0 Å². The third kappa shape index (κ3) is 2.70. The quantitative estimate of drug-likeness (QED) is 0.731. The van der Waals surface area contributed by atoms with Gasteiger partial charge in [0.15, 0.2) is 0 Å². The van der Waals surface area contributed by atoms with Gasteiger partial charge in [-0.2, -0.15) is 5.26 Å². The Morgan fingerprint density at radius 3 is 2.75 bits per heavy atom. The minimum atomic E-state index is -1.16. The molecule has 2 atom stereocenters. The van der Waals surface area contributed by atoms with Crippen LogP contribution in [0.1, 0.15) is 12.0 Å². The number of para-hydroxylation sites is 1. The Balaban J connectivity index is 2.16. The summed E-state index contributed by atoms with van der Waals surface area (Å²) in [5.41, 5.74) is 0.595. The highest BCUT2D eigenvalue weighted by molar-refractivity contribution is 5.93. The summed E-state index contributed by atoms with van der Waals surface area (Å²) in [4.78, 5) is 24.2. The van der Waals surface area contributed by atoms with Crippen LogP contribution in [0.4, 0.5) is 10.5 Å². The topological polar surface area (TPSA) is 114 Å². The van der Waals surface area contributed by atoms with Gasteiger partial charge in [-0.05, 0) is 12.1 Å². The lowest BCUT2D eigenvalue weighted by Crippen LogP contribution is -2.43. The van der Waals surface area contributed by atoms with Gasteiger partial charge in [0.25, 0.3) is 0 Å². The van der Waals surface area contributed by atoms with Crippen LogP contribution in [0.5, 0.6) is 0 Å². The lowest BCUT2D eigenvalue weighted by atomic mass is 10.2. The van der Waals surface area contributed by atoms with E-state index in [-0.39, 0.29) is 18.5 Å². The first kappa shape index (κ1) is 13.8. The van der Waals surface area contributed by atoms with Crippen molar-refractivity contribution in [3.05, 3.63) is 29.8 Å². The first-order valence-electron chi connectivity index (χ1n) is 6.00. The second kappa shape index (κ2) is 5.59. The Morgan fingerprint density at radius 1 is 1.40 bits per heavy atom. The van der Waals surface area contributed by atoms with E-state index in [1.807, 2.05) is 6.07 Å². The number of aliphatic hydroxyl groups is 1. The van der Waals surface area contributed by atoms with Crippen molar-refractivity contribution in [2.75, 3.05) is 11.9 Å². The first-order valence-corrected chi connectivity index (χ1v) is 6.00. The second-order valence-corrected chi connectivity index (χ2v) is 4.48. The molecule has 2 amide bonds. The molecule has 20 heavy (non-hydrogen) atoms. The Kier molecular flexibility index (Phi) is 3.86. The fourth-order valence-electron chi connectivity index (χ4n) is 2.15. The molecule has 0 saturated carbocycles. The third-order valence-electron chi connectivity index (χ3n) is 3.11. The zero-order chi connectivity index (χ0) is 14.7. The lowest BCUT2D eigenvalue weighted by molar-refractivity contribution is -0.141. The number of amides is 2. The number of β-amino-alcohol motifs (C(OH)–C–C–N with tert-alkyl or cyclic N) is 1. The molecule has 7 heteroatoms. The van der Waals surface area contributed by atoms with Crippen LogP contribution < -0.4 is 5.32 Å². The number of aliphatic carboxylic acids is 1. The van der Waals surface area contributed by atoms with Gasteiger partial charge in [0.2, 0.25) is 0 Å². The fraction of sp³-hybridized carbons (Fsp3) is 0.308. The van der Waals surface area contributed by atoms with E-state index in [1.54, 1.807) is 24.3 Å². The van der Waals surface area contributed by atoms with E-state index in [4.69, 9.17) is 10.4 Å². The van der Waals surface area contributed by atoms with Gasteiger partial charge in [0, 0.05) is 13.0 Å². The maximum absolute atomic E-state index is 12.1. The molecule has 0 radical (unpaired) electrons. The predicted molar refractivity (Wildman–Crippen MR) is 68.9 cm³/mol. The summed E-state index contributed by atoms with van der Waals surface area (Å²) >= 11 is 0. The van der Waals surface area contributed by atoms with Crippen molar-refractivity contribution in [2.45, 2.75) is 18.6 Å².